The van der Waals surface area contributed by atoms with Crippen LogP contribution in [0.25, 0.3) is 65.0 Å². The van der Waals surface area contributed by atoms with E-state index in [1.54, 1.807) is 0 Å². The molecular weight excluding hydrogens is 542 g/mol. The van der Waals surface area contributed by atoms with Crippen LogP contribution in [0, 0.1) is 0 Å². The molecule has 9 aromatic carbocycles. The average molecular weight is 572 g/mol. The first-order valence-corrected chi connectivity index (χ1v) is 15.5. The van der Waals surface area contributed by atoms with Crippen molar-refractivity contribution >= 4 is 70.9 Å². The minimum atomic E-state index is 1.13. The quantitative estimate of drug-likeness (QED) is 0.190. The van der Waals surface area contributed by atoms with Crippen molar-refractivity contribution in [3.63, 3.8) is 0 Å². The fourth-order valence-corrected chi connectivity index (χ4v) is 7.04. The number of hydrogen-bond acceptors (Lipinski definition) is 1. The normalized spacial score (nSPS) is 11.6. The molecule has 9 rings (SSSR count). The van der Waals surface area contributed by atoms with Crippen molar-refractivity contribution in [3.05, 3.63) is 176 Å². The monoisotopic (exact) mass is 571 g/mol. The Morgan fingerprint density at radius 1 is 0.289 bits per heavy atom. The van der Waals surface area contributed by atoms with E-state index in [9.17, 15) is 0 Å². The van der Waals surface area contributed by atoms with Gasteiger partial charge in [-0.25, -0.2) is 0 Å². The number of benzene rings is 9. The summed E-state index contributed by atoms with van der Waals surface area (Å²) in [6.07, 6.45) is 0. The Kier molecular flexibility index (Phi) is 5.89. The van der Waals surface area contributed by atoms with Gasteiger partial charge in [-0.05, 0) is 89.9 Å². The van der Waals surface area contributed by atoms with Gasteiger partial charge in [0.05, 0.1) is 5.69 Å². The van der Waals surface area contributed by atoms with Gasteiger partial charge in [-0.2, -0.15) is 0 Å². The summed E-state index contributed by atoms with van der Waals surface area (Å²) < 4.78 is 0. The lowest BCUT2D eigenvalue weighted by Gasteiger charge is -2.28. The molecule has 0 unspecified atom stereocenters. The third kappa shape index (κ3) is 4.24. The van der Waals surface area contributed by atoms with Crippen LogP contribution in [0.5, 0.6) is 0 Å². The Labute approximate surface area is 262 Å². The van der Waals surface area contributed by atoms with Crippen LogP contribution in [0.3, 0.4) is 0 Å². The highest BCUT2D eigenvalue weighted by Crippen LogP contribution is 2.43. The first kappa shape index (κ1) is 25.6. The highest BCUT2D eigenvalue weighted by atomic mass is 15.1. The van der Waals surface area contributed by atoms with Crippen molar-refractivity contribution in [1.82, 2.24) is 0 Å². The van der Waals surface area contributed by atoms with Crippen molar-refractivity contribution in [2.24, 2.45) is 0 Å². The van der Waals surface area contributed by atoms with Crippen LogP contribution in [0.15, 0.2) is 176 Å². The Hall–Kier alpha value is -5.92. The molecule has 0 aliphatic carbocycles. The fraction of sp³-hybridized carbons (Fsp3) is 0. The maximum atomic E-state index is 2.41. The van der Waals surface area contributed by atoms with Crippen LogP contribution < -0.4 is 4.90 Å². The Bertz CT molecular complexity index is 2530. The highest BCUT2D eigenvalue weighted by molar-refractivity contribution is 6.26. The lowest BCUT2D eigenvalue weighted by atomic mass is 9.93. The third-order valence-corrected chi connectivity index (χ3v) is 9.21. The molecule has 0 spiro atoms. The van der Waals surface area contributed by atoms with Gasteiger partial charge in [0.25, 0.3) is 0 Å². The zero-order chi connectivity index (χ0) is 29.7. The molecular formula is C44H29N. The van der Waals surface area contributed by atoms with E-state index in [0.717, 1.165) is 17.1 Å². The molecule has 45 heavy (non-hydrogen) atoms. The average Bonchev–Trinajstić information content (AvgIpc) is 3.12. The van der Waals surface area contributed by atoms with E-state index in [4.69, 9.17) is 0 Å². The number of hydrogen-bond donors (Lipinski definition) is 0. The van der Waals surface area contributed by atoms with E-state index in [1.165, 1.54) is 65.0 Å². The van der Waals surface area contributed by atoms with Crippen molar-refractivity contribution in [2.45, 2.75) is 0 Å². The fourth-order valence-electron chi connectivity index (χ4n) is 7.04. The molecule has 0 heterocycles. The van der Waals surface area contributed by atoms with Gasteiger partial charge in [-0.15, -0.1) is 0 Å². The molecule has 1 nitrogen and oxygen atoms in total. The molecule has 0 atom stereocenters. The van der Waals surface area contributed by atoms with Gasteiger partial charge in [0.15, 0.2) is 0 Å². The second-order valence-corrected chi connectivity index (χ2v) is 11.8. The lowest BCUT2D eigenvalue weighted by Crippen LogP contribution is -2.10. The van der Waals surface area contributed by atoms with Crippen molar-refractivity contribution < 1.29 is 0 Å². The molecule has 0 radical (unpaired) electrons. The molecule has 0 N–H and O–H groups in total. The predicted octanol–water partition coefficient (Wildman–Crippen LogP) is 12.6. The van der Waals surface area contributed by atoms with Crippen LogP contribution in [0.2, 0.25) is 0 Å². The molecule has 0 saturated carbocycles. The summed E-state index contributed by atoms with van der Waals surface area (Å²) in [7, 11) is 0. The van der Waals surface area contributed by atoms with Crippen LogP contribution in [0.4, 0.5) is 17.1 Å². The Morgan fingerprint density at radius 3 is 1.71 bits per heavy atom. The molecule has 0 aromatic heterocycles. The molecule has 0 bridgehead atoms. The summed E-state index contributed by atoms with van der Waals surface area (Å²) in [6, 6.07) is 64.1. The lowest BCUT2D eigenvalue weighted by molar-refractivity contribution is 1.30. The molecule has 0 amide bonds. The molecule has 9 aromatic rings. The van der Waals surface area contributed by atoms with E-state index >= 15 is 0 Å². The minimum Gasteiger partial charge on any atom is -0.310 e. The molecule has 0 aliphatic rings. The first-order valence-electron chi connectivity index (χ1n) is 15.5. The standard InChI is InChI=1S/C44H29N/c1-2-9-30(10-3-1)32-17-23-36(24-18-32)45(37-25-19-31-11-4-5-13-35(31)29-37)43-16-8-15-41-40(43)27-22-34-21-26-39-38-14-7-6-12-33(38)20-28-42(39)44(34)41/h1-29H. The maximum absolute atomic E-state index is 2.41. The summed E-state index contributed by atoms with van der Waals surface area (Å²) in [5.74, 6) is 0. The second kappa shape index (κ2) is 10.4. The molecule has 0 aliphatic heterocycles. The van der Waals surface area contributed by atoms with Gasteiger partial charge in [-0.3, -0.25) is 0 Å². The molecule has 0 fully saturated rings. The zero-order valence-corrected chi connectivity index (χ0v) is 24.7. The number of nitrogens with zero attached hydrogens (tertiary/aromatic N) is 1. The third-order valence-electron chi connectivity index (χ3n) is 9.21. The topological polar surface area (TPSA) is 3.24 Å². The predicted molar refractivity (Wildman–Crippen MR) is 194 cm³/mol. The van der Waals surface area contributed by atoms with Gasteiger partial charge in [0.1, 0.15) is 0 Å². The van der Waals surface area contributed by atoms with E-state index in [2.05, 4.69) is 181 Å². The minimum absolute atomic E-state index is 1.13. The first-order chi connectivity index (χ1) is 22.3. The maximum Gasteiger partial charge on any atom is 0.0540 e. The number of rotatable bonds is 4. The summed E-state index contributed by atoms with van der Waals surface area (Å²) in [4.78, 5) is 2.41. The molecule has 210 valence electrons. The van der Waals surface area contributed by atoms with E-state index in [1.807, 2.05) is 0 Å². The van der Waals surface area contributed by atoms with E-state index < -0.39 is 0 Å². The van der Waals surface area contributed by atoms with Gasteiger partial charge in [0.2, 0.25) is 0 Å². The van der Waals surface area contributed by atoms with Crippen molar-refractivity contribution in [2.75, 3.05) is 4.90 Å². The van der Waals surface area contributed by atoms with Gasteiger partial charge in [0, 0.05) is 16.8 Å². The molecule has 0 saturated heterocycles. The molecule has 1 heteroatoms. The summed E-state index contributed by atoms with van der Waals surface area (Å²) in [5.41, 5.74) is 5.85. The van der Waals surface area contributed by atoms with Gasteiger partial charge >= 0.3 is 0 Å². The highest BCUT2D eigenvalue weighted by Gasteiger charge is 2.18. The summed E-state index contributed by atoms with van der Waals surface area (Å²) in [6.45, 7) is 0. The van der Waals surface area contributed by atoms with Crippen LogP contribution in [-0.2, 0) is 0 Å². The summed E-state index contributed by atoms with van der Waals surface area (Å²) in [5, 5.41) is 12.7. The SMILES string of the molecule is c1ccc(-c2ccc(N(c3ccc4ccccc4c3)c3cccc4c3ccc3ccc5c6ccccc6ccc5c34)cc2)cc1. The van der Waals surface area contributed by atoms with Crippen LogP contribution in [-0.4, -0.2) is 0 Å². The van der Waals surface area contributed by atoms with Gasteiger partial charge < -0.3 is 4.90 Å². The largest absolute Gasteiger partial charge is 0.310 e. The summed E-state index contributed by atoms with van der Waals surface area (Å²) >= 11 is 0. The second-order valence-electron chi connectivity index (χ2n) is 11.8. The zero-order valence-electron chi connectivity index (χ0n) is 24.7. The van der Waals surface area contributed by atoms with E-state index in [-0.39, 0.29) is 0 Å². The van der Waals surface area contributed by atoms with Crippen molar-refractivity contribution in [3.8, 4) is 11.1 Å². The van der Waals surface area contributed by atoms with Crippen LogP contribution >= 0.6 is 0 Å². The van der Waals surface area contributed by atoms with Gasteiger partial charge in [-0.1, -0.05) is 146 Å². The smallest absolute Gasteiger partial charge is 0.0540 e. The number of anilines is 3. The Balaban J connectivity index is 1.30. The Morgan fingerprint density at radius 2 is 0.867 bits per heavy atom. The van der Waals surface area contributed by atoms with E-state index in [0.29, 0.717) is 0 Å². The number of fused-ring (bicyclic) bond motifs is 8. The van der Waals surface area contributed by atoms with Crippen LogP contribution in [0.1, 0.15) is 0 Å². The van der Waals surface area contributed by atoms with Crippen molar-refractivity contribution in [1.29, 1.82) is 0 Å².